The van der Waals surface area contributed by atoms with Crippen LogP contribution in [0.2, 0.25) is 0 Å². The van der Waals surface area contributed by atoms with Crippen molar-refractivity contribution in [2.24, 2.45) is 5.92 Å². The summed E-state index contributed by atoms with van der Waals surface area (Å²) < 4.78 is 57.1. The standard InChI is InChI=1S/C22H26F3NO6/c1-5-31-19(28)21(20(29)32-6-2)15(11-12-16(27)30-4)17(18(26-21)22(23,24)25)14-9-7-13(3)8-10-14/h7-12,15,17-18,26H,5-6H2,1-4H3/b12-11+/t15-,17-,18-/m1/s1. The Balaban J connectivity index is 2.80. The first kappa shape index (κ1) is 25.4. The molecule has 2 rings (SSSR count). The summed E-state index contributed by atoms with van der Waals surface area (Å²) >= 11 is 0. The lowest BCUT2D eigenvalue weighted by atomic mass is 9.75. The van der Waals surface area contributed by atoms with Gasteiger partial charge in [-0.15, -0.1) is 0 Å². The molecular formula is C22H26F3NO6. The number of alkyl halides is 3. The van der Waals surface area contributed by atoms with Gasteiger partial charge in [0.2, 0.25) is 5.54 Å². The van der Waals surface area contributed by atoms with Crippen LogP contribution in [0.25, 0.3) is 0 Å². The quantitative estimate of drug-likeness (QED) is 0.291. The number of benzene rings is 1. The fraction of sp³-hybridized carbons (Fsp3) is 0.500. The van der Waals surface area contributed by atoms with Gasteiger partial charge in [-0.1, -0.05) is 35.9 Å². The lowest BCUT2D eigenvalue weighted by Crippen LogP contribution is -2.62. The van der Waals surface area contributed by atoms with Gasteiger partial charge in [0.15, 0.2) is 0 Å². The normalized spacial score (nSPS) is 22.5. The summed E-state index contributed by atoms with van der Waals surface area (Å²) in [4.78, 5) is 37.8. The average molecular weight is 457 g/mol. The molecule has 1 N–H and O–H groups in total. The van der Waals surface area contributed by atoms with Crippen LogP contribution in [0.5, 0.6) is 0 Å². The van der Waals surface area contributed by atoms with Crippen molar-refractivity contribution in [1.82, 2.24) is 5.32 Å². The van der Waals surface area contributed by atoms with Gasteiger partial charge in [0.05, 0.1) is 20.3 Å². The number of rotatable bonds is 7. The Kier molecular flexibility index (Phi) is 8.06. The van der Waals surface area contributed by atoms with Crippen LogP contribution in [0.15, 0.2) is 36.4 Å². The van der Waals surface area contributed by atoms with E-state index in [1.54, 1.807) is 19.1 Å². The van der Waals surface area contributed by atoms with E-state index in [9.17, 15) is 27.6 Å². The molecule has 32 heavy (non-hydrogen) atoms. The maximum Gasteiger partial charge on any atom is 0.404 e. The number of methoxy groups -OCH3 is 1. The van der Waals surface area contributed by atoms with Crippen molar-refractivity contribution < 1.29 is 41.8 Å². The van der Waals surface area contributed by atoms with Crippen LogP contribution < -0.4 is 5.32 Å². The van der Waals surface area contributed by atoms with Gasteiger partial charge >= 0.3 is 24.1 Å². The van der Waals surface area contributed by atoms with Gasteiger partial charge in [-0.25, -0.2) is 14.4 Å². The summed E-state index contributed by atoms with van der Waals surface area (Å²) in [7, 11) is 1.10. The van der Waals surface area contributed by atoms with Gasteiger partial charge in [0, 0.05) is 17.9 Å². The molecule has 176 valence electrons. The summed E-state index contributed by atoms with van der Waals surface area (Å²) in [5, 5.41) is 2.19. The molecule has 1 aromatic carbocycles. The molecule has 1 fully saturated rings. The second-order valence-corrected chi connectivity index (χ2v) is 7.26. The second kappa shape index (κ2) is 10.2. The first-order chi connectivity index (χ1) is 15.0. The molecule has 1 aromatic rings. The van der Waals surface area contributed by atoms with E-state index in [1.165, 1.54) is 26.0 Å². The van der Waals surface area contributed by atoms with Crippen LogP contribution in [0.3, 0.4) is 0 Å². The minimum atomic E-state index is -4.84. The lowest BCUT2D eigenvalue weighted by Gasteiger charge is -2.30. The molecule has 0 bridgehead atoms. The van der Waals surface area contributed by atoms with Crippen LogP contribution in [-0.4, -0.2) is 56.0 Å². The summed E-state index contributed by atoms with van der Waals surface area (Å²) in [6.45, 7) is 4.34. The average Bonchev–Trinajstić information content (AvgIpc) is 3.09. The monoisotopic (exact) mass is 457 g/mol. The molecule has 0 aliphatic carbocycles. The molecule has 1 saturated heterocycles. The van der Waals surface area contributed by atoms with E-state index in [-0.39, 0.29) is 18.8 Å². The molecule has 0 amide bonds. The van der Waals surface area contributed by atoms with Crippen molar-refractivity contribution in [2.75, 3.05) is 20.3 Å². The summed E-state index contributed by atoms with van der Waals surface area (Å²) in [5.74, 6) is -6.20. The molecule has 0 aromatic heterocycles. The van der Waals surface area contributed by atoms with Crippen molar-refractivity contribution in [3.05, 3.63) is 47.5 Å². The number of hydrogen-bond donors (Lipinski definition) is 1. The third kappa shape index (κ3) is 4.95. The summed E-state index contributed by atoms with van der Waals surface area (Å²) in [6, 6.07) is 3.93. The van der Waals surface area contributed by atoms with Gasteiger partial charge < -0.3 is 14.2 Å². The Hall–Kier alpha value is -2.88. The smallest absolute Gasteiger partial charge is 0.404 e. The molecule has 0 saturated carbocycles. The minimum Gasteiger partial charge on any atom is -0.466 e. The highest BCUT2D eigenvalue weighted by atomic mass is 19.4. The lowest BCUT2D eigenvalue weighted by molar-refractivity contribution is -0.171. The van der Waals surface area contributed by atoms with Crippen molar-refractivity contribution in [3.63, 3.8) is 0 Å². The van der Waals surface area contributed by atoms with Crippen LogP contribution >= 0.6 is 0 Å². The number of esters is 3. The fourth-order valence-corrected chi connectivity index (χ4v) is 3.86. The molecule has 1 heterocycles. The number of aryl methyl sites for hydroxylation is 1. The molecule has 3 atom stereocenters. The van der Waals surface area contributed by atoms with Crippen molar-refractivity contribution >= 4 is 17.9 Å². The third-order valence-corrected chi connectivity index (χ3v) is 5.28. The van der Waals surface area contributed by atoms with Crippen LogP contribution in [0.4, 0.5) is 13.2 Å². The van der Waals surface area contributed by atoms with Gasteiger partial charge in [-0.3, -0.25) is 5.32 Å². The van der Waals surface area contributed by atoms with E-state index in [1.807, 2.05) is 0 Å². The van der Waals surface area contributed by atoms with E-state index < -0.39 is 47.5 Å². The predicted octanol–water partition coefficient (Wildman–Crippen LogP) is 2.82. The Morgan fingerprint density at radius 3 is 2.03 bits per heavy atom. The number of hydrogen-bond acceptors (Lipinski definition) is 7. The Morgan fingerprint density at radius 1 is 1.06 bits per heavy atom. The number of nitrogens with one attached hydrogen (secondary N) is 1. The topological polar surface area (TPSA) is 90.9 Å². The predicted molar refractivity (Wildman–Crippen MR) is 108 cm³/mol. The molecular weight excluding hydrogens is 431 g/mol. The third-order valence-electron chi connectivity index (χ3n) is 5.28. The van der Waals surface area contributed by atoms with E-state index in [0.717, 1.165) is 24.8 Å². The zero-order valence-electron chi connectivity index (χ0n) is 18.2. The van der Waals surface area contributed by atoms with Crippen molar-refractivity contribution in [2.45, 2.75) is 44.4 Å². The Labute approximate surface area is 183 Å². The van der Waals surface area contributed by atoms with Gasteiger partial charge in [0.25, 0.3) is 0 Å². The molecule has 1 aliphatic heterocycles. The molecule has 0 radical (unpaired) electrons. The highest BCUT2D eigenvalue weighted by Crippen LogP contribution is 2.49. The Morgan fingerprint density at radius 2 is 1.59 bits per heavy atom. The number of halogens is 3. The summed E-state index contributed by atoms with van der Waals surface area (Å²) in [6.07, 6.45) is -2.88. The van der Waals surface area contributed by atoms with Gasteiger partial charge in [-0.05, 0) is 26.3 Å². The van der Waals surface area contributed by atoms with E-state index in [0.29, 0.717) is 0 Å². The maximum absolute atomic E-state index is 14.2. The molecule has 7 nitrogen and oxygen atoms in total. The van der Waals surface area contributed by atoms with E-state index in [4.69, 9.17) is 9.47 Å². The van der Waals surface area contributed by atoms with Crippen molar-refractivity contribution in [1.29, 1.82) is 0 Å². The first-order valence-electron chi connectivity index (χ1n) is 10.0. The van der Waals surface area contributed by atoms with Gasteiger partial charge in [0.1, 0.15) is 6.04 Å². The van der Waals surface area contributed by atoms with Crippen LogP contribution in [-0.2, 0) is 28.6 Å². The largest absolute Gasteiger partial charge is 0.466 e. The molecule has 10 heteroatoms. The maximum atomic E-state index is 14.2. The SMILES string of the molecule is CCOC(=O)C1(C(=O)OCC)N[C@@H](C(F)(F)F)[C@H](c2ccc(C)cc2)[C@H]1/C=C/C(=O)OC. The van der Waals surface area contributed by atoms with Crippen molar-refractivity contribution in [3.8, 4) is 0 Å². The second-order valence-electron chi connectivity index (χ2n) is 7.26. The first-order valence-corrected chi connectivity index (χ1v) is 10.0. The van der Waals surface area contributed by atoms with E-state index in [2.05, 4.69) is 10.1 Å². The highest BCUT2D eigenvalue weighted by Gasteiger charge is 2.68. The van der Waals surface area contributed by atoms with Crippen LogP contribution in [0.1, 0.15) is 30.9 Å². The van der Waals surface area contributed by atoms with Crippen LogP contribution in [0, 0.1) is 12.8 Å². The zero-order chi connectivity index (χ0) is 24.1. The number of ether oxygens (including phenoxy) is 3. The number of carbonyl (C=O) groups is 3. The summed E-state index contributed by atoms with van der Waals surface area (Å²) in [5.41, 5.74) is -1.49. The van der Waals surface area contributed by atoms with Gasteiger partial charge in [-0.2, -0.15) is 13.2 Å². The molecule has 0 unspecified atom stereocenters. The Bertz CT molecular complexity index is 847. The zero-order valence-corrected chi connectivity index (χ0v) is 18.2. The van der Waals surface area contributed by atoms with E-state index >= 15 is 0 Å². The fourth-order valence-electron chi connectivity index (χ4n) is 3.86. The minimum absolute atomic E-state index is 0.180. The highest BCUT2D eigenvalue weighted by molar-refractivity contribution is 6.06. The number of carbonyl (C=O) groups excluding carboxylic acids is 3. The molecule has 0 spiro atoms. The molecule has 1 aliphatic rings.